The average molecular weight is 292 g/mol. The van der Waals surface area contributed by atoms with Crippen molar-refractivity contribution in [3.05, 3.63) is 66.1 Å². The molecule has 22 heavy (non-hydrogen) atoms. The third-order valence-electron chi connectivity index (χ3n) is 4.09. The van der Waals surface area contributed by atoms with Gasteiger partial charge in [-0.05, 0) is 17.7 Å². The highest BCUT2D eigenvalue weighted by atomic mass is 16.3. The van der Waals surface area contributed by atoms with Gasteiger partial charge in [0.1, 0.15) is 5.52 Å². The molecule has 0 radical (unpaired) electrons. The third-order valence-corrected chi connectivity index (χ3v) is 4.09. The summed E-state index contributed by atoms with van der Waals surface area (Å²) < 4.78 is 5.81. The van der Waals surface area contributed by atoms with Gasteiger partial charge in [0.2, 0.25) is 11.8 Å². The second-order valence-corrected chi connectivity index (χ2v) is 5.68. The van der Waals surface area contributed by atoms with Gasteiger partial charge in [0, 0.05) is 19.5 Å². The van der Waals surface area contributed by atoms with Crippen LogP contribution in [0, 0.1) is 0 Å². The van der Waals surface area contributed by atoms with Gasteiger partial charge in [0.15, 0.2) is 5.58 Å². The SMILES string of the molecule is O=C1CC(c2nc3ccccc3o2)CN1Cc1ccccc1. The van der Waals surface area contributed by atoms with Crippen LogP contribution < -0.4 is 0 Å². The fraction of sp³-hybridized carbons (Fsp3) is 0.222. The molecule has 1 atom stereocenters. The van der Waals surface area contributed by atoms with Crippen molar-refractivity contribution in [2.45, 2.75) is 18.9 Å². The maximum absolute atomic E-state index is 12.2. The van der Waals surface area contributed by atoms with Gasteiger partial charge in [0.05, 0.1) is 5.92 Å². The summed E-state index contributed by atoms with van der Waals surface area (Å²) in [5, 5.41) is 0. The molecule has 4 rings (SSSR count). The Balaban J connectivity index is 1.54. The molecule has 2 aromatic carbocycles. The third kappa shape index (κ3) is 2.37. The summed E-state index contributed by atoms with van der Waals surface area (Å²) in [7, 11) is 0. The van der Waals surface area contributed by atoms with Crippen molar-refractivity contribution in [1.82, 2.24) is 9.88 Å². The molecule has 1 fully saturated rings. The molecule has 4 nitrogen and oxygen atoms in total. The molecule has 3 aromatic rings. The summed E-state index contributed by atoms with van der Waals surface area (Å²) in [5.41, 5.74) is 2.78. The number of carbonyl (C=O) groups excluding carboxylic acids is 1. The number of para-hydroxylation sites is 2. The Labute approximate surface area is 128 Å². The van der Waals surface area contributed by atoms with Crippen molar-refractivity contribution in [1.29, 1.82) is 0 Å². The molecule has 1 aromatic heterocycles. The van der Waals surface area contributed by atoms with Gasteiger partial charge in [0.25, 0.3) is 0 Å². The predicted molar refractivity (Wildman–Crippen MR) is 83.2 cm³/mol. The van der Waals surface area contributed by atoms with Crippen molar-refractivity contribution in [3.63, 3.8) is 0 Å². The number of amides is 1. The molecule has 0 saturated carbocycles. The Kier molecular flexibility index (Phi) is 3.15. The van der Waals surface area contributed by atoms with E-state index in [9.17, 15) is 4.79 Å². The zero-order valence-electron chi connectivity index (χ0n) is 12.1. The van der Waals surface area contributed by atoms with Gasteiger partial charge in [-0.25, -0.2) is 4.98 Å². The van der Waals surface area contributed by atoms with Crippen LogP contribution in [0.2, 0.25) is 0 Å². The number of hydrogen-bond acceptors (Lipinski definition) is 3. The number of benzene rings is 2. The van der Waals surface area contributed by atoms with Crippen molar-refractivity contribution >= 4 is 17.0 Å². The van der Waals surface area contributed by atoms with Crippen LogP contribution in [-0.4, -0.2) is 22.3 Å². The highest BCUT2D eigenvalue weighted by Crippen LogP contribution is 2.30. The number of nitrogens with zero attached hydrogens (tertiary/aromatic N) is 2. The van der Waals surface area contributed by atoms with E-state index in [4.69, 9.17) is 4.42 Å². The molecule has 1 aliphatic rings. The van der Waals surface area contributed by atoms with Gasteiger partial charge in [-0.2, -0.15) is 0 Å². The first-order chi connectivity index (χ1) is 10.8. The zero-order valence-corrected chi connectivity index (χ0v) is 12.1. The number of oxazole rings is 1. The lowest BCUT2D eigenvalue weighted by Gasteiger charge is -2.15. The molecule has 0 aliphatic carbocycles. The number of carbonyl (C=O) groups is 1. The molecule has 0 N–H and O–H groups in total. The Morgan fingerprint density at radius 3 is 2.68 bits per heavy atom. The topological polar surface area (TPSA) is 46.3 Å². The maximum atomic E-state index is 12.2. The number of rotatable bonds is 3. The first kappa shape index (κ1) is 13.1. The Hall–Kier alpha value is -2.62. The highest BCUT2D eigenvalue weighted by molar-refractivity contribution is 5.80. The molecule has 4 heteroatoms. The monoisotopic (exact) mass is 292 g/mol. The van der Waals surface area contributed by atoms with Crippen LogP contribution in [0.4, 0.5) is 0 Å². The lowest BCUT2D eigenvalue weighted by molar-refractivity contribution is -0.128. The van der Waals surface area contributed by atoms with E-state index >= 15 is 0 Å². The fourth-order valence-electron chi connectivity index (χ4n) is 2.96. The number of aromatic nitrogens is 1. The minimum absolute atomic E-state index is 0.0450. The molecular weight excluding hydrogens is 276 g/mol. The smallest absolute Gasteiger partial charge is 0.223 e. The summed E-state index contributed by atoms with van der Waals surface area (Å²) in [6.07, 6.45) is 0.472. The minimum atomic E-state index is 0.0450. The van der Waals surface area contributed by atoms with E-state index in [0.717, 1.165) is 16.7 Å². The predicted octanol–water partition coefficient (Wildman–Crippen LogP) is 3.34. The average Bonchev–Trinajstić information content (AvgIpc) is 3.12. The van der Waals surface area contributed by atoms with Crippen molar-refractivity contribution in [2.75, 3.05) is 6.54 Å². The standard InChI is InChI=1S/C18H16N2O2/c21-17-10-14(12-20(17)11-13-6-2-1-3-7-13)18-19-15-8-4-5-9-16(15)22-18/h1-9,14H,10-12H2. The van der Waals surface area contributed by atoms with Crippen LogP contribution in [-0.2, 0) is 11.3 Å². The Morgan fingerprint density at radius 2 is 1.86 bits per heavy atom. The van der Waals surface area contributed by atoms with E-state index < -0.39 is 0 Å². The van der Waals surface area contributed by atoms with E-state index in [1.807, 2.05) is 59.5 Å². The van der Waals surface area contributed by atoms with Crippen molar-refractivity contribution in [3.8, 4) is 0 Å². The highest BCUT2D eigenvalue weighted by Gasteiger charge is 2.33. The van der Waals surface area contributed by atoms with E-state index in [1.54, 1.807) is 0 Å². The van der Waals surface area contributed by atoms with Crippen LogP contribution in [0.5, 0.6) is 0 Å². The van der Waals surface area contributed by atoms with Gasteiger partial charge in [-0.1, -0.05) is 42.5 Å². The summed E-state index contributed by atoms with van der Waals surface area (Å²) in [6, 6.07) is 17.8. The quantitative estimate of drug-likeness (QED) is 0.743. The Bertz CT molecular complexity index is 777. The molecule has 1 unspecified atom stereocenters. The van der Waals surface area contributed by atoms with E-state index in [2.05, 4.69) is 4.98 Å². The first-order valence-corrected chi connectivity index (χ1v) is 7.47. The maximum Gasteiger partial charge on any atom is 0.223 e. The fourth-order valence-corrected chi connectivity index (χ4v) is 2.96. The summed E-state index contributed by atoms with van der Waals surface area (Å²) in [5.74, 6) is 0.879. The van der Waals surface area contributed by atoms with Gasteiger partial charge in [-0.3, -0.25) is 4.79 Å². The molecule has 1 saturated heterocycles. The Morgan fingerprint density at radius 1 is 1.09 bits per heavy atom. The van der Waals surface area contributed by atoms with Crippen LogP contribution in [0.25, 0.3) is 11.1 Å². The lowest BCUT2D eigenvalue weighted by atomic mass is 10.1. The molecular formula is C18H16N2O2. The minimum Gasteiger partial charge on any atom is -0.440 e. The lowest BCUT2D eigenvalue weighted by Crippen LogP contribution is -2.24. The normalized spacial score (nSPS) is 18.3. The van der Waals surface area contributed by atoms with Crippen molar-refractivity contribution < 1.29 is 9.21 Å². The molecule has 2 heterocycles. The first-order valence-electron chi connectivity index (χ1n) is 7.47. The van der Waals surface area contributed by atoms with E-state index in [-0.39, 0.29) is 11.8 Å². The van der Waals surface area contributed by atoms with E-state index in [1.165, 1.54) is 0 Å². The molecule has 1 amide bonds. The number of fused-ring (bicyclic) bond motifs is 1. The second-order valence-electron chi connectivity index (χ2n) is 5.68. The van der Waals surface area contributed by atoms with Crippen LogP contribution in [0.15, 0.2) is 59.0 Å². The van der Waals surface area contributed by atoms with Crippen LogP contribution >= 0.6 is 0 Å². The molecule has 0 bridgehead atoms. The number of likely N-dealkylation sites (tertiary alicyclic amines) is 1. The van der Waals surface area contributed by atoms with Gasteiger partial charge in [-0.15, -0.1) is 0 Å². The van der Waals surface area contributed by atoms with Crippen LogP contribution in [0.1, 0.15) is 23.8 Å². The number of hydrogen-bond donors (Lipinski definition) is 0. The zero-order chi connectivity index (χ0) is 14.9. The second kappa shape index (κ2) is 5.30. The van der Waals surface area contributed by atoms with Gasteiger partial charge < -0.3 is 9.32 Å². The largest absolute Gasteiger partial charge is 0.440 e. The molecule has 1 aliphatic heterocycles. The summed E-state index contributed by atoms with van der Waals surface area (Å²) >= 11 is 0. The van der Waals surface area contributed by atoms with E-state index in [0.29, 0.717) is 25.4 Å². The summed E-state index contributed by atoms with van der Waals surface area (Å²) in [4.78, 5) is 18.6. The van der Waals surface area contributed by atoms with Gasteiger partial charge >= 0.3 is 0 Å². The molecule has 0 spiro atoms. The molecule has 110 valence electrons. The van der Waals surface area contributed by atoms with Crippen LogP contribution in [0.3, 0.4) is 0 Å². The van der Waals surface area contributed by atoms with Crippen molar-refractivity contribution in [2.24, 2.45) is 0 Å². The summed E-state index contributed by atoms with van der Waals surface area (Å²) in [6.45, 7) is 1.32.